The summed E-state index contributed by atoms with van der Waals surface area (Å²) < 4.78 is 16.8. The van der Waals surface area contributed by atoms with E-state index in [-0.39, 0.29) is 18.0 Å². The summed E-state index contributed by atoms with van der Waals surface area (Å²) in [4.78, 5) is 11.7. The minimum atomic E-state index is -0.0630. The molecule has 0 N–H and O–H groups in total. The molecule has 1 aromatic rings. The van der Waals surface area contributed by atoms with Gasteiger partial charge in [0, 0.05) is 0 Å². The van der Waals surface area contributed by atoms with E-state index in [1.807, 2.05) is 27.7 Å². The molecule has 1 rings (SSSR count). The second-order valence-corrected chi connectivity index (χ2v) is 4.86. The van der Waals surface area contributed by atoms with E-state index >= 15 is 0 Å². The zero-order valence-corrected chi connectivity index (χ0v) is 12.4. The van der Waals surface area contributed by atoms with Crippen LogP contribution in [-0.4, -0.2) is 25.1 Å². The van der Waals surface area contributed by atoms with Crippen molar-refractivity contribution in [2.75, 3.05) is 7.11 Å². The third-order valence-corrected chi connectivity index (χ3v) is 2.38. The Hall–Kier alpha value is -1.71. The van der Waals surface area contributed by atoms with Gasteiger partial charge in [-0.1, -0.05) is 0 Å². The van der Waals surface area contributed by atoms with Crippen LogP contribution in [0.4, 0.5) is 0 Å². The van der Waals surface area contributed by atoms with Crippen LogP contribution in [0.2, 0.25) is 0 Å². The lowest BCUT2D eigenvalue weighted by Gasteiger charge is -2.21. The molecule has 4 heteroatoms. The van der Waals surface area contributed by atoms with Crippen LogP contribution in [0.25, 0.3) is 0 Å². The smallest absolute Gasteiger partial charge is 0.204 e. The van der Waals surface area contributed by atoms with Gasteiger partial charge in [-0.05, 0) is 46.8 Å². The van der Waals surface area contributed by atoms with E-state index in [4.69, 9.17) is 14.2 Å². The minimum Gasteiger partial charge on any atom is -0.493 e. The first kappa shape index (κ1) is 15.3. The first-order valence-corrected chi connectivity index (χ1v) is 6.42. The number of hydrogen-bond donors (Lipinski definition) is 0. The molecule has 0 bridgehead atoms. The second kappa shape index (κ2) is 6.45. The van der Waals surface area contributed by atoms with Crippen molar-refractivity contribution < 1.29 is 19.0 Å². The molecule has 0 saturated heterocycles. The topological polar surface area (TPSA) is 44.8 Å². The van der Waals surface area contributed by atoms with Gasteiger partial charge in [-0.2, -0.15) is 0 Å². The minimum absolute atomic E-state index is 0.0365. The maximum atomic E-state index is 11.7. The summed E-state index contributed by atoms with van der Waals surface area (Å²) in [6.07, 6.45) is -0.0923. The van der Waals surface area contributed by atoms with Crippen molar-refractivity contribution in [3.63, 3.8) is 0 Å². The van der Waals surface area contributed by atoms with Gasteiger partial charge < -0.3 is 14.2 Å². The molecule has 4 nitrogen and oxygen atoms in total. The molecule has 0 spiro atoms. The maximum absolute atomic E-state index is 11.7. The molecule has 0 radical (unpaired) electrons. The molecule has 0 heterocycles. The quantitative estimate of drug-likeness (QED) is 0.739. The molecule has 1 aromatic carbocycles. The van der Waals surface area contributed by atoms with Crippen molar-refractivity contribution in [2.24, 2.45) is 0 Å². The van der Waals surface area contributed by atoms with E-state index in [2.05, 4.69) is 0 Å². The highest BCUT2D eigenvalue weighted by Crippen LogP contribution is 2.41. The number of ketones is 1. The lowest BCUT2D eigenvalue weighted by molar-refractivity contribution is 0.100. The maximum Gasteiger partial charge on any atom is 0.204 e. The fourth-order valence-corrected chi connectivity index (χ4v) is 1.68. The van der Waals surface area contributed by atoms with Gasteiger partial charge in [0.15, 0.2) is 17.3 Å². The van der Waals surface area contributed by atoms with E-state index in [9.17, 15) is 4.79 Å². The Morgan fingerprint density at radius 3 is 1.95 bits per heavy atom. The summed E-state index contributed by atoms with van der Waals surface area (Å²) in [6.45, 7) is 9.15. The van der Waals surface area contributed by atoms with E-state index in [1.165, 1.54) is 6.92 Å². The molecule has 0 saturated carbocycles. The third-order valence-electron chi connectivity index (χ3n) is 2.38. The first-order chi connectivity index (χ1) is 8.86. The van der Waals surface area contributed by atoms with E-state index in [0.717, 1.165) is 0 Å². The van der Waals surface area contributed by atoms with Crippen LogP contribution in [-0.2, 0) is 0 Å². The standard InChI is InChI=1S/C15H22O4/c1-9(2)18-14-12(11(5)16)7-8-13(17-6)15(14)19-10(3)4/h7-10H,1-6H3. The van der Waals surface area contributed by atoms with Crippen LogP contribution in [0.1, 0.15) is 45.0 Å². The number of ether oxygens (including phenoxy) is 3. The highest BCUT2D eigenvalue weighted by atomic mass is 16.5. The molecular weight excluding hydrogens is 244 g/mol. The fraction of sp³-hybridized carbons (Fsp3) is 0.533. The van der Waals surface area contributed by atoms with E-state index < -0.39 is 0 Å². The number of benzene rings is 1. The van der Waals surface area contributed by atoms with Gasteiger partial charge in [0.25, 0.3) is 0 Å². The van der Waals surface area contributed by atoms with Crippen molar-refractivity contribution in [3.05, 3.63) is 17.7 Å². The van der Waals surface area contributed by atoms with Gasteiger partial charge in [0.2, 0.25) is 5.75 Å². The predicted octanol–water partition coefficient (Wildman–Crippen LogP) is 3.47. The normalized spacial score (nSPS) is 10.7. The highest BCUT2D eigenvalue weighted by Gasteiger charge is 2.21. The molecular formula is C15H22O4. The monoisotopic (exact) mass is 266 g/mol. The Labute approximate surface area is 114 Å². The number of rotatable bonds is 6. The summed E-state index contributed by atoms with van der Waals surface area (Å²) in [7, 11) is 1.56. The van der Waals surface area contributed by atoms with Gasteiger partial charge in [0.05, 0.1) is 24.9 Å². The van der Waals surface area contributed by atoms with Gasteiger partial charge in [0.1, 0.15) is 0 Å². The molecule has 0 aliphatic heterocycles. The van der Waals surface area contributed by atoms with Crippen molar-refractivity contribution in [3.8, 4) is 17.2 Å². The predicted molar refractivity (Wildman–Crippen MR) is 74.5 cm³/mol. The third kappa shape index (κ3) is 3.88. The van der Waals surface area contributed by atoms with Crippen LogP contribution in [0, 0.1) is 0 Å². The Morgan fingerprint density at radius 1 is 1.00 bits per heavy atom. The summed E-state index contributed by atoms with van der Waals surface area (Å²) in [6, 6.07) is 3.42. The Kier molecular flexibility index (Phi) is 5.21. The number of carbonyl (C=O) groups excluding carboxylic acids is 1. The second-order valence-electron chi connectivity index (χ2n) is 4.86. The zero-order valence-electron chi connectivity index (χ0n) is 12.4. The molecule has 0 fully saturated rings. The lowest BCUT2D eigenvalue weighted by atomic mass is 10.1. The number of carbonyl (C=O) groups is 1. The molecule has 0 unspecified atom stereocenters. The fourth-order valence-electron chi connectivity index (χ4n) is 1.68. The summed E-state index contributed by atoms with van der Waals surface area (Å²) in [5.41, 5.74) is 0.505. The van der Waals surface area contributed by atoms with Crippen molar-refractivity contribution in [1.82, 2.24) is 0 Å². The average molecular weight is 266 g/mol. The van der Waals surface area contributed by atoms with Crippen LogP contribution < -0.4 is 14.2 Å². The summed E-state index contributed by atoms with van der Waals surface area (Å²) in [5.74, 6) is 1.44. The average Bonchev–Trinajstić information content (AvgIpc) is 2.29. The van der Waals surface area contributed by atoms with Crippen molar-refractivity contribution in [1.29, 1.82) is 0 Å². The SMILES string of the molecule is COc1ccc(C(C)=O)c(OC(C)C)c1OC(C)C. The zero-order chi connectivity index (χ0) is 14.6. The molecule has 0 aliphatic carbocycles. The van der Waals surface area contributed by atoms with Crippen LogP contribution in [0.3, 0.4) is 0 Å². The molecule has 0 aromatic heterocycles. The van der Waals surface area contributed by atoms with Gasteiger partial charge in [-0.15, -0.1) is 0 Å². The Morgan fingerprint density at radius 2 is 1.53 bits per heavy atom. The van der Waals surface area contributed by atoms with E-state index in [0.29, 0.717) is 22.8 Å². The van der Waals surface area contributed by atoms with Crippen LogP contribution >= 0.6 is 0 Å². The molecule has 19 heavy (non-hydrogen) atoms. The summed E-state index contributed by atoms with van der Waals surface area (Å²) in [5, 5.41) is 0. The van der Waals surface area contributed by atoms with Gasteiger partial charge in [-0.3, -0.25) is 4.79 Å². The number of hydrogen-bond acceptors (Lipinski definition) is 4. The van der Waals surface area contributed by atoms with Crippen LogP contribution in [0.5, 0.6) is 17.2 Å². The van der Waals surface area contributed by atoms with Crippen LogP contribution in [0.15, 0.2) is 12.1 Å². The Bertz CT molecular complexity index is 450. The molecule has 0 amide bonds. The molecule has 0 atom stereocenters. The lowest BCUT2D eigenvalue weighted by Crippen LogP contribution is -2.14. The number of methoxy groups -OCH3 is 1. The first-order valence-electron chi connectivity index (χ1n) is 6.42. The van der Waals surface area contributed by atoms with Gasteiger partial charge in [-0.25, -0.2) is 0 Å². The summed E-state index contributed by atoms with van der Waals surface area (Å²) >= 11 is 0. The Balaban J connectivity index is 3.41. The van der Waals surface area contributed by atoms with E-state index in [1.54, 1.807) is 19.2 Å². The highest BCUT2D eigenvalue weighted by molar-refractivity contribution is 5.98. The largest absolute Gasteiger partial charge is 0.493 e. The molecule has 106 valence electrons. The van der Waals surface area contributed by atoms with Gasteiger partial charge >= 0.3 is 0 Å². The van der Waals surface area contributed by atoms with Crippen molar-refractivity contribution >= 4 is 5.78 Å². The van der Waals surface area contributed by atoms with Crippen molar-refractivity contribution in [2.45, 2.75) is 46.8 Å². The number of Topliss-reactive ketones (excluding diaryl/α,β-unsaturated/α-hetero) is 1. The molecule has 0 aliphatic rings.